The van der Waals surface area contributed by atoms with Gasteiger partial charge >= 0.3 is 5.97 Å². The molecule has 166 valence electrons. The van der Waals surface area contributed by atoms with Crippen molar-refractivity contribution in [3.05, 3.63) is 56.9 Å². The number of nitrogen functional groups attached to an aromatic ring is 1. The Morgan fingerprint density at radius 2 is 1.97 bits per heavy atom. The van der Waals surface area contributed by atoms with Gasteiger partial charge in [-0.25, -0.2) is 13.6 Å². The van der Waals surface area contributed by atoms with Crippen LogP contribution in [0.3, 0.4) is 0 Å². The molecule has 1 fully saturated rings. The van der Waals surface area contributed by atoms with Crippen LogP contribution in [-0.4, -0.2) is 47.7 Å². The lowest BCUT2D eigenvalue weighted by Gasteiger charge is -2.40. The highest BCUT2D eigenvalue weighted by Crippen LogP contribution is 2.31. The number of aliphatic hydroxyl groups is 1. The third kappa shape index (κ3) is 3.12. The van der Waals surface area contributed by atoms with Crippen molar-refractivity contribution in [2.45, 2.75) is 19.6 Å². The number of hydrogen-bond acceptors (Lipinski definition) is 6. The Morgan fingerprint density at radius 1 is 1.31 bits per heavy atom. The first-order valence-corrected chi connectivity index (χ1v) is 9.87. The van der Waals surface area contributed by atoms with Crippen molar-refractivity contribution in [3.8, 4) is 5.69 Å². The van der Waals surface area contributed by atoms with Gasteiger partial charge in [0.25, 0.3) is 0 Å². The number of carboxylic acids is 1. The fourth-order valence-corrected chi connectivity index (χ4v) is 4.28. The quantitative estimate of drug-likeness (QED) is 0.324. The van der Waals surface area contributed by atoms with Gasteiger partial charge in [-0.1, -0.05) is 0 Å². The van der Waals surface area contributed by atoms with Gasteiger partial charge in [0.1, 0.15) is 25.0 Å². The molecule has 1 aliphatic rings. The molecule has 2 heterocycles. The highest BCUT2D eigenvalue weighted by Gasteiger charge is 2.31. The topological polar surface area (TPSA) is 135 Å². The number of benzene rings is 2. The smallest absolute Gasteiger partial charge is 0.341 e. The maximum absolute atomic E-state index is 15.4. The summed E-state index contributed by atoms with van der Waals surface area (Å²) in [5, 5.41) is 19.3. The molecule has 0 radical (unpaired) electrons. The molecule has 0 unspecified atom stereocenters. The molecule has 32 heavy (non-hydrogen) atoms. The van der Waals surface area contributed by atoms with E-state index in [1.54, 1.807) is 12.7 Å². The van der Waals surface area contributed by atoms with E-state index in [1.165, 1.54) is 17.6 Å². The Kier molecular flexibility index (Phi) is 5.18. The second kappa shape index (κ2) is 7.61. The second-order valence-electron chi connectivity index (χ2n) is 8.01. The number of pyridine rings is 1. The van der Waals surface area contributed by atoms with Crippen molar-refractivity contribution in [1.29, 1.82) is 0 Å². The van der Waals surface area contributed by atoms with E-state index in [0.717, 1.165) is 12.3 Å². The average Bonchev–Trinajstić information content (AvgIpc) is 2.72. The van der Waals surface area contributed by atoms with Crippen molar-refractivity contribution < 1.29 is 23.8 Å². The molecule has 0 bridgehead atoms. The molecule has 0 spiro atoms. The van der Waals surface area contributed by atoms with E-state index in [-0.39, 0.29) is 45.1 Å². The lowest BCUT2D eigenvalue weighted by atomic mass is 9.85. The van der Waals surface area contributed by atoms with Gasteiger partial charge in [0.2, 0.25) is 5.43 Å². The number of anilines is 2. The summed E-state index contributed by atoms with van der Waals surface area (Å²) in [6.07, 6.45) is 1.09. The molecule has 6 N–H and O–H groups in total. The standard InChI is InChI=1S/C21H21BF2N4O4/c1-8-15-18(16(22)19(17(8)24)27-4-10(25)5-27)28(6-11(20(15)30)21(31)32)14-3-13(26)12(23)2-9(14)7-29/h2-3,6,10,29H,4-5,7,22,25-26H2,1H3,(H,31,32). The molecular weight excluding hydrogens is 421 g/mol. The fourth-order valence-electron chi connectivity index (χ4n) is 4.28. The number of aromatic carboxylic acids is 1. The van der Waals surface area contributed by atoms with Crippen molar-refractivity contribution in [3.63, 3.8) is 0 Å². The summed E-state index contributed by atoms with van der Waals surface area (Å²) < 4.78 is 30.8. The number of hydrogen-bond donors (Lipinski definition) is 4. The van der Waals surface area contributed by atoms with Gasteiger partial charge in [-0.05, 0) is 24.5 Å². The van der Waals surface area contributed by atoms with Gasteiger partial charge in [0.05, 0.1) is 34.6 Å². The minimum absolute atomic E-state index is 0.0106. The third-order valence-electron chi connectivity index (χ3n) is 5.91. The number of rotatable bonds is 4. The Bertz CT molecular complexity index is 1350. The predicted molar refractivity (Wildman–Crippen MR) is 120 cm³/mol. The molecular formula is C21H21BF2N4O4. The van der Waals surface area contributed by atoms with Crippen molar-refractivity contribution in [2.75, 3.05) is 23.7 Å². The molecule has 3 aromatic rings. The van der Waals surface area contributed by atoms with Gasteiger partial charge in [0, 0.05) is 36.5 Å². The number of nitrogens with zero attached hydrogens (tertiary/aromatic N) is 2. The zero-order chi connectivity index (χ0) is 23.5. The highest BCUT2D eigenvalue weighted by molar-refractivity contribution is 6.42. The predicted octanol–water partition coefficient (Wildman–Crippen LogP) is -0.244. The van der Waals surface area contributed by atoms with Crippen LogP contribution in [-0.2, 0) is 6.61 Å². The van der Waals surface area contributed by atoms with Crippen LogP contribution in [0.2, 0.25) is 0 Å². The first kappa shape index (κ1) is 21.8. The maximum Gasteiger partial charge on any atom is 0.341 e. The second-order valence-corrected chi connectivity index (χ2v) is 8.01. The van der Waals surface area contributed by atoms with Crippen molar-refractivity contribution in [1.82, 2.24) is 4.57 Å². The molecule has 2 aromatic carbocycles. The average molecular weight is 442 g/mol. The van der Waals surface area contributed by atoms with Crippen LogP contribution in [0.4, 0.5) is 20.2 Å². The first-order valence-electron chi connectivity index (χ1n) is 9.87. The molecule has 0 atom stereocenters. The van der Waals surface area contributed by atoms with Crippen LogP contribution in [0.1, 0.15) is 21.5 Å². The molecule has 1 saturated heterocycles. The summed E-state index contributed by atoms with van der Waals surface area (Å²) in [5.74, 6) is -2.88. The van der Waals surface area contributed by atoms with Crippen molar-refractivity contribution >= 4 is 41.6 Å². The molecule has 0 saturated carbocycles. The Labute approximate surface area is 182 Å². The van der Waals surface area contributed by atoms with Gasteiger partial charge in [-0.15, -0.1) is 0 Å². The number of carbonyl (C=O) groups is 1. The molecule has 1 aromatic heterocycles. The summed E-state index contributed by atoms with van der Waals surface area (Å²) in [4.78, 5) is 26.6. The zero-order valence-electron chi connectivity index (χ0n) is 17.4. The maximum atomic E-state index is 15.4. The Balaban J connectivity index is 2.21. The van der Waals surface area contributed by atoms with E-state index in [2.05, 4.69) is 0 Å². The van der Waals surface area contributed by atoms with Gasteiger partial charge in [0.15, 0.2) is 0 Å². The molecule has 4 rings (SSSR count). The van der Waals surface area contributed by atoms with E-state index in [9.17, 15) is 24.2 Å². The third-order valence-corrected chi connectivity index (χ3v) is 5.91. The van der Waals surface area contributed by atoms with Crippen molar-refractivity contribution in [2.24, 2.45) is 5.73 Å². The van der Waals surface area contributed by atoms with E-state index in [1.807, 2.05) is 0 Å². The van der Waals surface area contributed by atoms with E-state index >= 15 is 4.39 Å². The number of fused-ring (bicyclic) bond motifs is 1. The monoisotopic (exact) mass is 442 g/mol. The minimum Gasteiger partial charge on any atom is -0.477 e. The fraction of sp³-hybridized carbons (Fsp3) is 0.238. The molecule has 1 aliphatic heterocycles. The van der Waals surface area contributed by atoms with Gasteiger partial charge < -0.3 is 31.1 Å². The summed E-state index contributed by atoms with van der Waals surface area (Å²) >= 11 is 0. The minimum atomic E-state index is -1.50. The van der Waals surface area contributed by atoms with Crippen LogP contribution in [0.25, 0.3) is 16.6 Å². The van der Waals surface area contributed by atoms with E-state index < -0.39 is 35.2 Å². The molecule has 8 nitrogen and oxygen atoms in total. The zero-order valence-corrected chi connectivity index (χ0v) is 17.4. The van der Waals surface area contributed by atoms with Crippen LogP contribution in [0, 0.1) is 18.6 Å². The largest absolute Gasteiger partial charge is 0.477 e. The number of aromatic nitrogens is 1. The number of halogens is 2. The van der Waals surface area contributed by atoms with Crippen LogP contribution >= 0.6 is 0 Å². The van der Waals surface area contributed by atoms with E-state index in [4.69, 9.17) is 11.5 Å². The summed E-state index contributed by atoms with van der Waals surface area (Å²) in [6.45, 7) is 1.68. The Morgan fingerprint density at radius 3 is 2.53 bits per heavy atom. The number of nitrogens with two attached hydrogens (primary N) is 2. The lowest BCUT2D eigenvalue weighted by molar-refractivity contribution is 0.0695. The molecule has 0 aliphatic carbocycles. The van der Waals surface area contributed by atoms with Gasteiger partial charge in [-0.2, -0.15) is 0 Å². The molecule has 11 heteroatoms. The summed E-state index contributed by atoms with van der Waals surface area (Å²) in [5.41, 5.74) is 11.1. The first-order chi connectivity index (χ1) is 15.1. The number of aliphatic hydroxyl groups excluding tert-OH is 1. The summed E-state index contributed by atoms with van der Waals surface area (Å²) in [6, 6.07) is 2.17. The van der Waals surface area contributed by atoms with E-state index in [0.29, 0.717) is 18.6 Å². The van der Waals surface area contributed by atoms with Gasteiger partial charge in [-0.3, -0.25) is 4.79 Å². The lowest BCUT2D eigenvalue weighted by Crippen LogP contribution is -2.57. The Hall–Kier alpha value is -3.44. The highest BCUT2D eigenvalue weighted by atomic mass is 19.1. The SMILES string of the molecule is Bc1c(N2CC(N)C2)c(F)c(C)c2c(=O)c(C(=O)O)cn(-c3cc(N)c(F)cc3CO)c12. The summed E-state index contributed by atoms with van der Waals surface area (Å²) in [7, 11) is 1.62. The van der Waals surface area contributed by atoms with Crippen LogP contribution < -0.4 is 27.3 Å². The van der Waals surface area contributed by atoms with Crippen LogP contribution in [0.5, 0.6) is 0 Å². The number of carboxylic acid groups (broad SMARTS) is 1. The van der Waals surface area contributed by atoms with Crippen LogP contribution in [0.15, 0.2) is 23.1 Å². The number of aryl methyl sites for hydroxylation is 1. The normalized spacial score (nSPS) is 14.1. The molecule has 0 amide bonds.